The zero-order valence-corrected chi connectivity index (χ0v) is 11.6. The normalized spacial score (nSPS) is 11.1. The maximum Gasteiger partial charge on any atom is 0.408 e. The average Bonchev–Trinajstić information content (AvgIpc) is 2.51. The van der Waals surface area contributed by atoms with E-state index in [1.54, 1.807) is 0 Å². The summed E-state index contributed by atoms with van der Waals surface area (Å²) in [5.74, 6) is 3.81. The number of nitrogens with one attached hydrogen (secondary N) is 3. The Balaban J connectivity index is 2.29. The summed E-state index contributed by atoms with van der Waals surface area (Å²) in [6.45, 7) is 1.32. The molecular formula is C13H18N4O4. The molecule has 0 aliphatic heterocycles. The zero-order valence-electron chi connectivity index (χ0n) is 11.6. The first-order valence-electron chi connectivity index (χ1n) is 6.27. The number of hydrazine groups is 1. The first-order chi connectivity index (χ1) is 10.0. The fourth-order valence-corrected chi connectivity index (χ4v) is 1.38. The molecule has 0 aliphatic carbocycles. The monoisotopic (exact) mass is 294 g/mol. The number of carbonyl (C=O) groups excluding carboxylic acids is 3. The second-order valence-electron chi connectivity index (χ2n) is 4.21. The molecular weight excluding hydrogens is 276 g/mol. The van der Waals surface area contributed by atoms with Crippen molar-refractivity contribution in [2.24, 2.45) is 5.84 Å². The number of nitrogens with two attached hydrogens (primary N) is 1. The molecule has 0 heterocycles. The van der Waals surface area contributed by atoms with Gasteiger partial charge in [-0.15, -0.1) is 0 Å². The average molecular weight is 294 g/mol. The smallest absolute Gasteiger partial charge is 0.408 e. The van der Waals surface area contributed by atoms with Crippen LogP contribution in [0.3, 0.4) is 0 Å². The maximum atomic E-state index is 11.6. The second kappa shape index (κ2) is 8.54. The Hall–Kier alpha value is -2.61. The molecule has 0 aliphatic rings. The SMILES string of the molecule is C[C@@H](NC(=O)OCc1ccccc1)C(=O)NCC(=O)NN. The van der Waals surface area contributed by atoms with Crippen LogP contribution < -0.4 is 21.9 Å². The highest BCUT2D eigenvalue weighted by atomic mass is 16.5. The highest BCUT2D eigenvalue weighted by Gasteiger charge is 2.16. The van der Waals surface area contributed by atoms with Gasteiger partial charge >= 0.3 is 6.09 Å². The first kappa shape index (κ1) is 16.4. The molecule has 8 nitrogen and oxygen atoms in total. The summed E-state index contributed by atoms with van der Waals surface area (Å²) in [7, 11) is 0. The third kappa shape index (κ3) is 6.39. The predicted molar refractivity (Wildman–Crippen MR) is 74.6 cm³/mol. The van der Waals surface area contributed by atoms with E-state index < -0.39 is 23.9 Å². The summed E-state index contributed by atoms with van der Waals surface area (Å²) in [6.07, 6.45) is -0.718. The van der Waals surface area contributed by atoms with Crippen LogP contribution in [-0.4, -0.2) is 30.5 Å². The molecule has 8 heteroatoms. The van der Waals surface area contributed by atoms with E-state index in [-0.39, 0.29) is 13.2 Å². The minimum absolute atomic E-state index is 0.108. The molecule has 0 aromatic heterocycles. The molecule has 0 fully saturated rings. The van der Waals surface area contributed by atoms with Crippen molar-refractivity contribution in [2.45, 2.75) is 19.6 Å². The van der Waals surface area contributed by atoms with Gasteiger partial charge in [0.25, 0.3) is 5.91 Å². The van der Waals surface area contributed by atoms with Gasteiger partial charge in [-0.2, -0.15) is 0 Å². The van der Waals surface area contributed by atoms with Crippen molar-refractivity contribution in [1.82, 2.24) is 16.1 Å². The Labute approximate surface area is 122 Å². The fraction of sp³-hybridized carbons (Fsp3) is 0.308. The number of alkyl carbamates (subject to hydrolysis) is 1. The number of hydrogen-bond donors (Lipinski definition) is 4. The summed E-state index contributed by atoms with van der Waals surface area (Å²) in [4.78, 5) is 33.9. The van der Waals surface area contributed by atoms with Crippen LogP contribution in [0.4, 0.5) is 4.79 Å². The van der Waals surface area contributed by atoms with E-state index in [4.69, 9.17) is 10.6 Å². The molecule has 1 aromatic carbocycles. The highest BCUT2D eigenvalue weighted by Crippen LogP contribution is 2.00. The Kier molecular flexibility index (Phi) is 6.69. The van der Waals surface area contributed by atoms with Gasteiger partial charge in [-0.3, -0.25) is 15.0 Å². The Bertz CT molecular complexity index is 492. The topological polar surface area (TPSA) is 123 Å². The lowest BCUT2D eigenvalue weighted by Crippen LogP contribution is -2.48. The highest BCUT2D eigenvalue weighted by molar-refractivity contribution is 5.88. The minimum Gasteiger partial charge on any atom is -0.445 e. The standard InChI is InChI=1S/C13H18N4O4/c1-9(12(19)15-7-11(18)17-14)16-13(20)21-8-10-5-3-2-4-6-10/h2-6,9H,7-8,14H2,1H3,(H,15,19)(H,16,20)(H,17,18)/t9-/m1/s1. The van der Waals surface area contributed by atoms with E-state index >= 15 is 0 Å². The fourth-order valence-electron chi connectivity index (χ4n) is 1.38. The Morgan fingerprint density at radius 2 is 1.90 bits per heavy atom. The van der Waals surface area contributed by atoms with Crippen LogP contribution in [0.15, 0.2) is 30.3 Å². The van der Waals surface area contributed by atoms with Gasteiger partial charge in [-0.05, 0) is 12.5 Å². The summed E-state index contributed by atoms with van der Waals surface area (Å²) in [5.41, 5.74) is 2.71. The van der Waals surface area contributed by atoms with Crippen LogP contribution in [0.25, 0.3) is 0 Å². The number of benzene rings is 1. The van der Waals surface area contributed by atoms with Crippen molar-refractivity contribution < 1.29 is 19.1 Å². The van der Waals surface area contributed by atoms with Crippen LogP contribution in [0.1, 0.15) is 12.5 Å². The van der Waals surface area contributed by atoms with Gasteiger partial charge in [-0.25, -0.2) is 10.6 Å². The quantitative estimate of drug-likeness (QED) is 0.317. The van der Waals surface area contributed by atoms with Gasteiger partial charge in [-0.1, -0.05) is 30.3 Å². The molecule has 0 spiro atoms. The lowest BCUT2D eigenvalue weighted by molar-refractivity contribution is -0.127. The second-order valence-corrected chi connectivity index (χ2v) is 4.21. The number of carbonyl (C=O) groups is 3. The molecule has 0 unspecified atom stereocenters. The van der Waals surface area contributed by atoms with Crippen molar-refractivity contribution in [1.29, 1.82) is 0 Å². The number of ether oxygens (including phenoxy) is 1. The maximum absolute atomic E-state index is 11.6. The lowest BCUT2D eigenvalue weighted by Gasteiger charge is -2.13. The van der Waals surface area contributed by atoms with E-state index in [1.165, 1.54) is 6.92 Å². The molecule has 0 saturated carbocycles. The van der Waals surface area contributed by atoms with Crippen LogP contribution in [-0.2, 0) is 20.9 Å². The largest absolute Gasteiger partial charge is 0.445 e. The van der Waals surface area contributed by atoms with Gasteiger partial charge in [0.05, 0.1) is 6.54 Å². The lowest BCUT2D eigenvalue weighted by atomic mass is 10.2. The third-order valence-corrected chi connectivity index (χ3v) is 2.52. The molecule has 0 radical (unpaired) electrons. The van der Waals surface area contributed by atoms with Gasteiger partial charge in [0.2, 0.25) is 5.91 Å². The van der Waals surface area contributed by atoms with Crippen molar-refractivity contribution in [3.05, 3.63) is 35.9 Å². The zero-order chi connectivity index (χ0) is 15.7. The molecule has 3 amide bonds. The molecule has 5 N–H and O–H groups in total. The third-order valence-electron chi connectivity index (χ3n) is 2.52. The predicted octanol–water partition coefficient (Wildman–Crippen LogP) is -0.593. The number of rotatable bonds is 6. The van der Waals surface area contributed by atoms with Crippen molar-refractivity contribution in [3.63, 3.8) is 0 Å². The van der Waals surface area contributed by atoms with E-state index in [9.17, 15) is 14.4 Å². The van der Waals surface area contributed by atoms with Crippen molar-refractivity contribution >= 4 is 17.9 Å². The Morgan fingerprint density at radius 3 is 2.52 bits per heavy atom. The van der Waals surface area contributed by atoms with Crippen LogP contribution in [0.5, 0.6) is 0 Å². The van der Waals surface area contributed by atoms with E-state index in [0.717, 1.165) is 5.56 Å². The van der Waals surface area contributed by atoms with Gasteiger partial charge in [0, 0.05) is 0 Å². The van der Waals surface area contributed by atoms with E-state index in [2.05, 4.69) is 10.6 Å². The molecule has 0 bridgehead atoms. The minimum atomic E-state index is -0.834. The Morgan fingerprint density at radius 1 is 1.24 bits per heavy atom. The summed E-state index contributed by atoms with van der Waals surface area (Å²) in [5, 5.41) is 4.67. The van der Waals surface area contributed by atoms with Crippen LogP contribution in [0, 0.1) is 0 Å². The summed E-state index contributed by atoms with van der Waals surface area (Å²) < 4.78 is 4.97. The van der Waals surface area contributed by atoms with Gasteiger partial charge in [0.1, 0.15) is 12.6 Å². The van der Waals surface area contributed by atoms with Crippen LogP contribution in [0.2, 0.25) is 0 Å². The molecule has 114 valence electrons. The van der Waals surface area contributed by atoms with Crippen molar-refractivity contribution in [3.8, 4) is 0 Å². The molecule has 1 aromatic rings. The molecule has 1 atom stereocenters. The number of amides is 3. The number of hydrogen-bond acceptors (Lipinski definition) is 5. The van der Waals surface area contributed by atoms with Gasteiger partial charge < -0.3 is 15.4 Å². The summed E-state index contributed by atoms with van der Waals surface area (Å²) in [6, 6.07) is 8.31. The van der Waals surface area contributed by atoms with Crippen molar-refractivity contribution in [2.75, 3.05) is 6.54 Å². The molecule has 1 rings (SSSR count). The first-order valence-corrected chi connectivity index (χ1v) is 6.27. The molecule has 0 saturated heterocycles. The van der Waals surface area contributed by atoms with E-state index in [0.29, 0.717) is 0 Å². The van der Waals surface area contributed by atoms with Gasteiger partial charge in [0.15, 0.2) is 0 Å². The summed E-state index contributed by atoms with van der Waals surface area (Å²) >= 11 is 0. The molecule has 21 heavy (non-hydrogen) atoms. The van der Waals surface area contributed by atoms with Crippen LogP contribution >= 0.6 is 0 Å². The van der Waals surface area contributed by atoms with E-state index in [1.807, 2.05) is 35.8 Å².